The molecule has 26 heavy (non-hydrogen) atoms. The van der Waals surface area contributed by atoms with Crippen LogP contribution in [0.25, 0.3) is 0 Å². The highest BCUT2D eigenvalue weighted by Crippen LogP contribution is 2.31. The van der Waals surface area contributed by atoms with Gasteiger partial charge in [-0.15, -0.1) is 0 Å². The Kier molecular flexibility index (Phi) is 5.61. The molecule has 0 aliphatic carbocycles. The number of carbonyl (C=O) groups is 1. The monoisotopic (exact) mass is 355 g/mol. The highest BCUT2D eigenvalue weighted by atomic mass is 16.5. The van der Waals surface area contributed by atoms with Crippen molar-refractivity contribution in [1.82, 2.24) is 9.88 Å². The van der Waals surface area contributed by atoms with E-state index in [4.69, 9.17) is 9.47 Å². The molecular formula is C20H25N3O3. The zero-order valence-electron chi connectivity index (χ0n) is 15.5. The van der Waals surface area contributed by atoms with Crippen LogP contribution in [0.15, 0.2) is 36.5 Å². The lowest BCUT2D eigenvalue weighted by atomic mass is 9.99. The van der Waals surface area contributed by atoms with E-state index in [0.29, 0.717) is 28.8 Å². The number of hydrogen-bond acceptors (Lipinski definition) is 5. The SMILES string of the molecule is COc1ccc(Nc2cc(C(=O)N3CCCC(C)C3)ccn2)c(OC)c1. The first kappa shape index (κ1) is 18.0. The molecule has 0 saturated carbocycles. The molecule has 1 N–H and O–H groups in total. The van der Waals surface area contributed by atoms with E-state index in [-0.39, 0.29) is 5.91 Å². The molecule has 1 fully saturated rings. The molecule has 2 heterocycles. The molecule has 0 bridgehead atoms. The number of amides is 1. The van der Waals surface area contributed by atoms with Gasteiger partial charge in [0.25, 0.3) is 5.91 Å². The van der Waals surface area contributed by atoms with Crippen molar-refractivity contribution in [1.29, 1.82) is 0 Å². The Hall–Kier alpha value is -2.76. The molecule has 1 saturated heterocycles. The van der Waals surface area contributed by atoms with Crippen LogP contribution in [0.3, 0.4) is 0 Å². The van der Waals surface area contributed by atoms with Crippen LogP contribution in [-0.4, -0.2) is 43.1 Å². The maximum Gasteiger partial charge on any atom is 0.254 e. The van der Waals surface area contributed by atoms with Gasteiger partial charge in [-0.1, -0.05) is 6.92 Å². The molecule has 6 heteroatoms. The molecule has 1 amide bonds. The van der Waals surface area contributed by atoms with E-state index in [9.17, 15) is 4.79 Å². The van der Waals surface area contributed by atoms with E-state index >= 15 is 0 Å². The van der Waals surface area contributed by atoms with Gasteiger partial charge in [-0.3, -0.25) is 4.79 Å². The van der Waals surface area contributed by atoms with E-state index in [1.165, 1.54) is 6.42 Å². The van der Waals surface area contributed by atoms with Gasteiger partial charge in [0.15, 0.2) is 0 Å². The van der Waals surface area contributed by atoms with E-state index in [2.05, 4.69) is 17.2 Å². The van der Waals surface area contributed by atoms with Crippen LogP contribution in [-0.2, 0) is 0 Å². The molecule has 1 unspecified atom stereocenters. The average Bonchev–Trinajstić information content (AvgIpc) is 2.68. The molecule has 6 nitrogen and oxygen atoms in total. The van der Waals surface area contributed by atoms with Crippen molar-refractivity contribution >= 4 is 17.4 Å². The number of anilines is 2. The third-order valence-corrected chi connectivity index (χ3v) is 4.62. The number of hydrogen-bond donors (Lipinski definition) is 1. The van der Waals surface area contributed by atoms with Crippen molar-refractivity contribution in [3.63, 3.8) is 0 Å². The zero-order chi connectivity index (χ0) is 18.5. The summed E-state index contributed by atoms with van der Waals surface area (Å²) < 4.78 is 10.6. The second kappa shape index (κ2) is 8.08. The van der Waals surface area contributed by atoms with E-state index < -0.39 is 0 Å². The van der Waals surface area contributed by atoms with Gasteiger partial charge in [0.1, 0.15) is 17.3 Å². The zero-order valence-corrected chi connectivity index (χ0v) is 15.5. The van der Waals surface area contributed by atoms with Crippen molar-refractivity contribution in [3.05, 3.63) is 42.1 Å². The molecule has 0 spiro atoms. The summed E-state index contributed by atoms with van der Waals surface area (Å²) >= 11 is 0. The number of pyridine rings is 1. The number of ether oxygens (including phenoxy) is 2. The lowest BCUT2D eigenvalue weighted by Crippen LogP contribution is -2.39. The number of rotatable bonds is 5. The number of piperidine rings is 1. The largest absolute Gasteiger partial charge is 0.497 e. The molecule has 1 aromatic heterocycles. The number of likely N-dealkylation sites (tertiary alicyclic amines) is 1. The average molecular weight is 355 g/mol. The van der Waals surface area contributed by atoms with Crippen LogP contribution in [0.5, 0.6) is 11.5 Å². The minimum atomic E-state index is 0.0590. The predicted octanol–water partition coefficient (Wildman–Crippen LogP) is 3.71. The summed E-state index contributed by atoms with van der Waals surface area (Å²) in [6.45, 7) is 3.83. The minimum absolute atomic E-state index is 0.0590. The van der Waals surface area contributed by atoms with E-state index in [0.717, 1.165) is 25.2 Å². The predicted molar refractivity (Wildman–Crippen MR) is 101 cm³/mol. The maximum absolute atomic E-state index is 12.8. The Morgan fingerprint density at radius 2 is 2.08 bits per heavy atom. The normalized spacial score (nSPS) is 16.9. The molecule has 1 aromatic carbocycles. The first-order valence-corrected chi connectivity index (χ1v) is 8.85. The van der Waals surface area contributed by atoms with Gasteiger partial charge in [0.05, 0.1) is 19.9 Å². The Balaban J connectivity index is 1.78. The smallest absolute Gasteiger partial charge is 0.254 e. The van der Waals surface area contributed by atoms with Crippen molar-refractivity contribution in [3.8, 4) is 11.5 Å². The topological polar surface area (TPSA) is 63.7 Å². The third kappa shape index (κ3) is 4.07. The molecule has 3 rings (SSSR count). The van der Waals surface area contributed by atoms with Crippen LogP contribution < -0.4 is 14.8 Å². The summed E-state index contributed by atoms with van der Waals surface area (Å²) in [7, 11) is 3.21. The first-order valence-electron chi connectivity index (χ1n) is 8.85. The highest BCUT2D eigenvalue weighted by Gasteiger charge is 2.22. The van der Waals surface area contributed by atoms with Gasteiger partial charge < -0.3 is 19.7 Å². The maximum atomic E-state index is 12.8. The molecule has 1 atom stereocenters. The molecule has 2 aromatic rings. The Labute approximate surface area is 154 Å². The second-order valence-corrected chi connectivity index (χ2v) is 6.62. The van der Waals surface area contributed by atoms with Gasteiger partial charge >= 0.3 is 0 Å². The summed E-state index contributed by atoms with van der Waals surface area (Å²) in [5.74, 6) is 2.57. The van der Waals surface area contributed by atoms with Gasteiger partial charge in [0.2, 0.25) is 0 Å². The standard InChI is InChI=1S/C20H25N3O3/c1-14-5-4-10-23(13-14)20(24)15-8-9-21-19(11-15)22-17-7-6-16(25-2)12-18(17)26-3/h6-9,11-12,14H,4-5,10,13H2,1-3H3,(H,21,22). The van der Waals surface area contributed by atoms with Crippen molar-refractivity contribution in [2.24, 2.45) is 5.92 Å². The summed E-state index contributed by atoms with van der Waals surface area (Å²) in [6, 6.07) is 9.05. The Morgan fingerprint density at radius 3 is 2.81 bits per heavy atom. The van der Waals surface area contributed by atoms with Gasteiger partial charge in [-0.2, -0.15) is 0 Å². The van der Waals surface area contributed by atoms with Crippen LogP contribution in [0.2, 0.25) is 0 Å². The fourth-order valence-corrected chi connectivity index (χ4v) is 3.23. The molecule has 138 valence electrons. The van der Waals surface area contributed by atoms with Crippen LogP contribution in [0.4, 0.5) is 11.5 Å². The second-order valence-electron chi connectivity index (χ2n) is 6.62. The number of nitrogens with zero attached hydrogens (tertiary/aromatic N) is 2. The van der Waals surface area contributed by atoms with Crippen LogP contribution >= 0.6 is 0 Å². The van der Waals surface area contributed by atoms with E-state index in [1.807, 2.05) is 17.0 Å². The lowest BCUT2D eigenvalue weighted by molar-refractivity contribution is 0.0683. The highest BCUT2D eigenvalue weighted by molar-refractivity contribution is 5.95. The molecular weight excluding hydrogens is 330 g/mol. The van der Waals surface area contributed by atoms with Gasteiger partial charge in [-0.25, -0.2) is 4.98 Å². The fraction of sp³-hybridized carbons (Fsp3) is 0.400. The number of benzene rings is 1. The van der Waals surface area contributed by atoms with Crippen molar-refractivity contribution in [2.75, 3.05) is 32.6 Å². The van der Waals surface area contributed by atoms with Crippen LogP contribution in [0, 0.1) is 5.92 Å². The number of aromatic nitrogens is 1. The summed E-state index contributed by atoms with van der Waals surface area (Å²) in [6.07, 6.45) is 3.90. The summed E-state index contributed by atoms with van der Waals surface area (Å²) in [5.41, 5.74) is 1.40. The number of methoxy groups -OCH3 is 2. The minimum Gasteiger partial charge on any atom is -0.497 e. The number of nitrogens with one attached hydrogen (secondary N) is 1. The third-order valence-electron chi connectivity index (χ3n) is 4.62. The molecule has 1 aliphatic heterocycles. The fourth-order valence-electron chi connectivity index (χ4n) is 3.23. The number of carbonyl (C=O) groups excluding carboxylic acids is 1. The van der Waals surface area contributed by atoms with Gasteiger partial charge in [-0.05, 0) is 43.0 Å². The molecule has 1 aliphatic rings. The van der Waals surface area contributed by atoms with Crippen molar-refractivity contribution < 1.29 is 14.3 Å². The van der Waals surface area contributed by atoms with Crippen molar-refractivity contribution in [2.45, 2.75) is 19.8 Å². The first-order chi connectivity index (χ1) is 12.6. The lowest BCUT2D eigenvalue weighted by Gasteiger charge is -2.31. The quantitative estimate of drug-likeness (QED) is 0.886. The van der Waals surface area contributed by atoms with Gasteiger partial charge in [0, 0.05) is 30.9 Å². The summed E-state index contributed by atoms with van der Waals surface area (Å²) in [5, 5.41) is 3.22. The summed E-state index contributed by atoms with van der Waals surface area (Å²) in [4.78, 5) is 19.0. The van der Waals surface area contributed by atoms with E-state index in [1.54, 1.807) is 38.6 Å². The molecule has 0 radical (unpaired) electrons. The van der Waals surface area contributed by atoms with Crippen LogP contribution in [0.1, 0.15) is 30.1 Å². The Morgan fingerprint density at radius 1 is 1.23 bits per heavy atom. The Bertz CT molecular complexity index is 779.